The molecule has 0 aromatic carbocycles. The first-order chi connectivity index (χ1) is 3.79. The van der Waals surface area contributed by atoms with Crippen LogP contribution in [-0.4, -0.2) is 11.9 Å². The molecule has 1 saturated heterocycles. The second-order valence-corrected chi connectivity index (χ2v) is 2.42. The number of hydrogen-bond donors (Lipinski definition) is 1. The molecule has 1 heterocycles. The van der Waals surface area contributed by atoms with Crippen LogP contribution in [-0.2, 0) is 4.79 Å². The SMILES string of the molecule is CC1=C[C@H]2NC(=O)[C@@H]12. The van der Waals surface area contributed by atoms with Gasteiger partial charge in [0, 0.05) is 0 Å². The lowest BCUT2D eigenvalue weighted by Gasteiger charge is -2.43. The maximum absolute atomic E-state index is 10.6. The molecule has 2 nitrogen and oxygen atoms in total. The first-order valence-corrected chi connectivity index (χ1v) is 2.78. The fraction of sp³-hybridized carbons (Fsp3) is 0.500. The van der Waals surface area contributed by atoms with Crippen LogP contribution < -0.4 is 5.32 Å². The van der Waals surface area contributed by atoms with Gasteiger partial charge in [0.2, 0.25) is 5.91 Å². The van der Waals surface area contributed by atoms with Crippen LogP contribution in [0.5, 0.6) is 0 Å². The fourth-order valence-electron chi connectivity index (χ4n) is 1.30. The van der Waals surface area contributed by atoms with Crippen LogP contribution in [0.4, 0.5) is 0 Å². The Morgan fingerprint density at radius 2 is 2.50 bits per heavy atom. The molecule has 0 radical (unpaired) electrons. The average molecular weight is 109 g/mol. The smallest absolute Gasteiger partial charge is 0.230 e. The van der Waals surface area contributed by atoms with Gasteiger partial charge in [0.25, 0.3) is 0 Å². The summed E-state index contributed by atoms with van der Waals surface area (Å²) < 4.78 is 0. The molecule has 42 valence electrons. The van der Waals surface area contributed by atoms with Crippen LogP contribution in [0.15, 0.2) is 11.6 Å². The third-order valence-corrected chi connectivity index (χ3v) is 1.88. The molecule has 1 aliphatic carbocycles. The van der Waals surface area contributed by atoms with E-state index in [-0.39, 0.29) is 11.8 Å². The van der Waals surface area contributed by atoms with E-state index in [9.17, 15) is 4.79 Å². The van der Waals surface area contributed by atoms with E-state index >= 15 is 0 Å². The van der Waals surface area contributed by atoms with Crippen molar-refractivity contribution in [2.75, 3.05) is 0 Å². The van der Waals surface area contributed by atoms with E-state index in [1.54, 1.807) is 0 Å². The van der Waals surface area contributed by atoms with Gasteiger partial charge in [0.1, 0.15) is 0 Å². The molecule has 8 heavy (non-hydrogen) atoms. The molecule has 0 spiro atoms. The molecule has 2 aliphatic rings. The lowest BCUT2D eigenvalue weighted by atomic mass is 9.74. The van der Waals surface area contributed by atoms with Crippen molar-refractivity contribution >= 4 is 5.91 Å². The number of fused-ring (bicyclic) bond motifs is 1. The van der Waals surface area contributed by atoms with E-state index in [0.717, 1.165) is 0 Å². The summed E-state index contributed by atoms with van der Waals surface area (Å²) >= 11 is 0. The van der Waals surface area contributed by atoms with Crippen LogP contribution in [0.1, 0.15) is 6.92 Å². The molecule has 1 aliphatic heterocycles. The minimum atomic E-state index is 0.204. The van der Waals surface area contributed by atoms with Crippen molar-refractivity contribution in [3.63, 3.8) is 0 Å². The Bertz CT molecular complexity index is 183. The number of carbonyl (C=O) groups excluding carboxylic acids is 1. The van der Waals surface area contributed by atoms with Crippen molar-refractivity contribution in [2.45, 2.75) is 13.0 Å². The minimum absolute atomic E-state index is 0.204. The van der Waals surface area contributed by atoms with Gasteiger partial charge in [-0.2, -0.15) is 0 Å². The van der Waals surface area contributed by atoms with Crippen LogP contribution in [0.3, 0.4) is 0 Å². The third-order valence-electron chi connectivity index (χ3n) is 1.88. The van der Waals surface area contributed by atoms with Crippen LogP contribution in [0.2, 0.25) is 0 Å². The van der Waals surface area contributed by atoms with Crippen molar-refractivity contribution < 1.29 is 4.79 Å². The van der Waals surface area contributed by atoms with Gasteiger partial charge in [-0.15, -0.1) is 0 Å². The molecule has 2 heteroatoms. The normalized spacial score (nSPS) is 40.6. The van der Waals surface area contributed by atoms with Crippen molar-refractivity contribution in [3.8, 4) is 0 Å². The predicted molar refractivity (Wildman–Crippen MR) is 29.2 cm³/mol. The van der Waals surface area contributed by atoms with Crippen molar-refractivity contribution in [1.29, 1.82) is 0 Å². The maximum atomic E-state index is 10.6. The highest BCUT2D eigenvalue weighted by Crippen LogP contribution is 2.33. The minimum Gasteiger partial charge on any atom is -0.348 e. The fourth-order valence-corrected chi connectivity index (χ4v) is 1.30. The summed E-state index contributed by atoms with van der Waals surface area (Å²) in [6.07, 6.45) is 2.09. The Balaban J connectivity index is 2.28. The number of β-lactam (4-membered cyclic amide) rings is 1. The summed E-state index contributed by atoms with van der Waals surface area (Å²) in [7, 11) is 0. The Morgan fingerprint density at radius 1 is 1.75 bits per heavy atom. The van der Waals surface area contributed by atoms with Gasteiger partial charge < -0.3 is 5.32 Å². The Morgan fingerprint density at radius 3 is 2.75 bits per heavy atom. The van der Waals surface area contributed by atoms with Crippen molar-refractivity contribution in [2.24, 2.45) is 5.92 Å². The highest BCUT2D eigenvalue weighted by molar-refractivity contribution is 5.92. The largest absolute Gasteiger partial charge is 0.348 e. The predicted octanol–water partition coefficient (Wildman–Crippen LogP) is 0.0609. The Hall–Kier alpha value is -0.790. The summed E-state index contributed by atoms with van der Waals surface area (Å²) in [6.45, 7) is 2.00. The average Bonchev–Trinajstić information content (AvgIpc) is 1.63. The van der Waals surface area contributed by atoms with Crippen LogP contribution >= 0.6 is 0 Å². The topological polar surface area (TPSA) is 29.1 Å². The monoisotopic (exact) mass is 109 g/mol. The van der Waals surface area contributed by atoms with Gasteiger partial charge in [-0.3, -0.25) is 4.79 Å². The number of hydrogen-bond acceptors (Lipinski definition) is 1. The maximum Gasteiger partial charge on any atom is 0.230 e. The molecule has 0 saturated carbocycles. The lowest BCUT2D eigenvalue weighted by Crippen LogP contribution is -2.62. The second kappa shape index (κ2) is 0.966. The summed E-state index contributed by atoms with van der Waals surface area (Å²) in [5.41, 5.74) is 1.23. The lowest BCUT2D eigenvalue weighted by molar-refractivity contribution is -0.133. The molecule has 0 unspecified atom stereocenters. The zero-order chi connectivity index (χ0) is 5.72. The molecule has 0 aromatic heterocycles. The summed E-state index contributed by atoms with van der Waals surface area (Å²) in [4.78, 5) is 10.6. The summed E-state index contributed by atoms with van der Waals surface area (Å²) in [6, 6.07) is 0.405. The second-order valence-electron chi connectivity index (χ2n) is 2.42. The summed E-state index contributed by atoms with van der Waals surface area (Å²) in [5.74, 6) is 0.463. The van der Waals surface area contributed by atoms with E-state index in [1.165, 1.54) is 5.57 Å². The van der Waals surface area contributed by atoms with Gasteiger partial charge >= 0.3 is 0 Å². The van der Waals surface area contributed by atoms with Crippen LogP contribution in [0, 0.1) is 5.92 Å². The zero-order valence-corrected chi connectivity index (χ0v) is 4.64. The van der Waals surface area contributed by atoms with E-state index in [4.69, 9.17) is 0 Å². The van der Waals surface area contributed by atoms with E-state index in [1.807, 2.05) is 6.92 Å². The summed E-state index contributed by atoms with van der Waals surface area (Å²) in [5, 5.41) is 2.76. The van der Waals surface area contributed by atoms with E-state index in [2.05, 4.69) is 11.4 Å². The van der Waals surface area contributed by atoms with Gasteiger partial charge in [0.05, 0.1) is 12.0 Å². The van der Waals surface area contributed by atoms with Gasteiger partial charge in [-0.1, -0.05) is 11.6 Å². The van der Waals surface area contributed by atoms with Gasteiger partial charge in [-0.05, 0) is 6.92 Å². The third kappa shape index (κ3) is 0.250. The van der Waals surface area contributed by atoms with E-state index in [0.29, 0.717) is 6.04 Å². The molecule has 1 N–H and O–H groups in total. The molecular weight excluding hydrogens is 102 g/mol. The quantitative estimate of drug-likeness (QED) is 0.346. The highest BCUT2D eigenvalue weighted by atomic mass is 16.2. The van der Waals surface area contributed by atoms with Crippen molar-refractivity contribution in [1.82, 2.24) is 5.32 Å². The molecule has 2 atom stereocenters. The molecule has 2 rings (SSSR count). The highest BCUT2D eigenvalue weighted by Gasteiger charge is 2.45. The first-order valence-electron chi connectivity index (χ1n) is 2.78. The molecule has 0 bridgehead atoms. The Kier molecular flexibility index (Phi) is 0.498. The van der Waals surface area contributed by atoms with E-state index < -0.39 is 0 Å². The molecular formula is C6H7NO. The molecule has 1 amide bonds. The Labute approximate surface area is 47.6 Å². The zero-order valence-electron chi connectivity index (χ0n) is 4.64. The number of rotatable bonds is 0. The van der Waals surface area contributed by atoms with Gasteiger partial charge in [-0.25, -0.2) is 0 Å². The number of carbonyl (C=O) groups is 1. The molecule has 1 fully saturated rings. The molecule has 0 aromatic rings. The van der Waals surface area contributed by atoms with Crippen LogP contribution in [0.25, 0.3) is 0 Å². The van der Waals surface area contributed by atoms with Gasteiger partial charge in [0.15, 0.2) is 0 Å². The van der Waals surface area contributed by atoms with Crippen molar-refractivity contribution in [3.05, 3.63) is 11.6 Å². The number of amides is 1. The number of nitrogens with one attached hydrogen (secondary N) is 1. The first kappa shape index (κ1) is 4.13. The standard InChI is InChI=1S/C6H7NO/c1-3-2-4-5(3)6(8)7-4/h2,4-5H,1H3,(H,7,8)/t4-,5+/m1/s1.